The van der Waals surface area contributed by atoms with Crippen LogP contribution < -0.4 is 10.1 Å². The van der Waals surface area contributed by atoms with Crippen molar-refractivity contribution in [1.29, 1.82) is 0 Å². The lowest BCUT2D eigenvalue weighted by Gasteiger charge is -2.30. The molecule has 1 fully saturated rings. The number of amides is 1. The molecule has 0 radical (unpaired) electrons. The molecular formula is C25H30N2O6S. The molecule has 34 heavy (non-hydrogen) atoms. The molecule has 1 amide bonds. The summed E-state index contributed by atoms with van der Waals surface area (Å²) in [5, 5.41) is 2.56. The Balaban J connectivity index is 1.61. The summed E-state index contributed by atoms with van der Waals surface area (Å²) in [4.78, 5) is 24.4. The first-order valence-electron chi connectivity index (χ1n) is 11.2. The highest BCUT2D eigenvalue weighted by atomic mass is 32.2. The van der Waals surface area contributed by atoms with Gasteiger partial charge in [-0.1, -0.05) is 43.5 Å². The van der Waals surface area contributed by atoms with E-state index in [9.17, 15) is 18.0 Å². The van der Waals surface area contributed by atoms with Crippen LogP contribution in [0, 0.1) is 0 Å². The average Bonchev–Trinajstić information content (AvgIpc) is 2.86. The van der Waals surface area contributed by atoms with Crippen molar-refractivity contribution in [2.75, 3.05) is 26.1 Å². The van der Waals surface area contributed by atoms with Crippen LogP contribution in [0.1, 0.15) is 37.7 Å². The van der Waals surface area contributed by atoms with E-state index in [4.69, 9.17) is 9.47 Å². The number of esters is 1. The van der Waals surface area contributed by atoms with Gasteiger partial charge in [0.1, 0.15) is 10.6 Å². The van der Waals surface area contributed by atoms with Gasteiger partial charge < -0.3 is 14.8 Å². The van der Waals surface area contributed by atoms with E-state index in [0.29, 0.717) is 5.75 Å². The number of carbonyl (C=O) groups is 2. The third-order valence-corrected chi connectivity index (χ3v) is 7.73. The zero-order valence-electron chi connectivity index (χ0n) is 19.4. The van der Waals surface area contributed by atoms with Crippen LogP contribution in [0.25, 0.3) is 6.08 Å². The lowest BCUT2D eigenvalue weighted by Crippen LogP contribution is -2.38. The Bertz CT molecular complexity index is 1140. The molecule has 9 heteroatoms. The van der Waals surface area contributed by atoms with Gasteiger partial charge in [-0.25, -0.2) is 13.2 Å². The molecule has 182 valence electrons. The number of nitrogens with zero attached hydrogens (tertiary/aromatic N) is 1. The van der Waals surface area contributed by atoms with E-state index in [1.165, 1.54) is 22.5 Å². The molecular weight excluding hydrogens is 456 g/mol. The Labute approximate surface area is 200 Å². The van der Waals surface area contributed by atoms with Crippen molar-refractivity contribution in [1.82, 2.24) is 4.31 Å². The Kier molecular flexibility index (Phi) is 8.84. The van der Waals surface area contributed by atoms with Gasteiger partial charge in [-0.05, 0) is 48.7 Å². The number of methoxy groups -OCH3 is 1. The third kappa shape index (κ3) is 6.68. The van der Waals surface area contributed by atoms with Crippen molar-refractivity contribution >= 4 is 33.7 Å². The number of hydrogen-bond donors (Lipinski definition) is 1. The number of carbonyl (C=O) groups excluding carboxylic acids is 2. The molecule has 0 atom stereocenters. The van der Waals surface area contributed by atoms with E-state index in [2.05, 4.69) is 5.32 Å². The number of para-hydroxylation sites is 1. The molecule has 8 nitrogen and oxygen atoms in total. The molecule has 0 spiro atoms. The van der Waals surface area contributed by atoms with Crippen molar-refractivity contribution < 1.29 is 27.5 Å². The van der Waals surface area contributed by atoms with Gasteiger partial charge in [0.25, 0.3) is 5.91 Å². The number of nitrogens with one attached hydrogen (secondary N) is 1. The van der Waals surface area contributed by atoms with E-state index < -0.39 is 28.5 Å². The van der Waals surface area contributed by atoms with Gasteiger partial charge in [0.05, 0.1) is 12.8 Å². The summed E-state index contributed by atoms with van der Waals surface area (Å²) >= 11 is 0. The zero-order valence-corrected chi connectivity index (χ0v) is 20.2. The van der Waals surface area contributed by atoms with Crippen LogP contribution in [0.3, 0.4) is 0 Å². The predicted octanol–water partition coefficient (Wildman–Crippen LogP) is 3.84. The topological polar surface area (TPSA) is 102 Å². The second-order valence-corrected chi connectivity index (χ2v) is 10.0. The fourth-order valence-corrected chi connectivity index (χ4v) is 5.43. The van der Waals surface area contributed by atoms with Crippen molar-refractivity contribution in [2.24, 2.45) is 0 Å². The SMILES string of the molecule is COc1cccc(/C=C/C(=O)OCC(=O)Nc2ccccc2S(=O)(=O)N(C)C2CCCCC2)c1. The van der Waals surface area contributed by atoms with Crippen molar-refractivity contribution in [3.8, 4) is 5.75 Å². The molecule has 0 saturated heterocycles. The largest absolute Gasteiger partial charge is 0.497 e. The number of hydrogen-bond acceptors (Lipinski definition) is 6. The lowest BCUT2D eigenvalue weighted by atomic mass is 9.96. The van der Waals surface area contributed by atoms with Crippen LogP contribution in [0.2, 0.25) is 0 Å². The zero-order chi connectivity index (χ0) is 24.6. The molecule has 3 rings (SSSR count). The molecule has 1 aliphatic rings. The fraction of sp³-hybridized carbons (Fsp3) is 0.360. The highest BCUT2D eigenvalue weighted by Gasteiger charge is 2.31. The van der Waals surface area contributed by atoms with Gasteiger partial charge in [-0.2, -0.15) is 4.31 Å². The summed E-state index contributed by atoms with van der Waals surface area (Å²) in [7, 11) is -0.669. The summed E-state index contributed by atoms with van der Waals surface area (Å²) in [6.07, 6.45) is 7.52. The molecule has 1 aliphatic carbocycles. The van der Waals surface area contributed by atoms with E-state index in [1.807, 2.05) is 0 Å². The van der Waals surface area contributed by atoms with Crippen molar-refractivity contribution in [3.05, 3.63) is 60.2 Å². The second kappa shape index (κ2) is 11.8. The number of rotatable bonds is 9. The normalized spacial score (nSPS) is 14.8. The third-order valence-electron chi connectivity index (χ3n) is 5.76. The van der Waals surface area contributed by atoms with Gasteiger partial charge in [0, 0.05) is 19.2 Å². The summed E-state index contributed by atoms with van der Waals surface area (Å²) in [5.74, 6) is -0.681. The van der Waals surface area contributed by atoms with Crippen LogP contribution in [0.4, 0.5) is 5.69 Å². The molecule has 0 aliphatic heterocycles. The first kappa shape index (κ1) is 25.5. The summed E-state index contributed by atoms with van der Waals surface area (Å²) < 4.78 is 38.0. The first-order chi connectivity index (χ1) is 16.3. The van der Waals surface area contributed by atoms with Gasteiger partial charge in [0.15, 0.2) is 6.61 Å². The quantitative estimate of drug-likeness (QED) is 0.427. The minimum Gasteiger partial charge on any atom is -0.497 e. The van der Waals surface area contributed by atoms with E-state index in [1.54, 1.807) is 56.6 Å². The van der Waals surface area contributed by atoms with E-state index >= 15 is 0 Å². The Morgan fingerprint density at radius 3 is 2.56 bits per heavy atom. The summed E-state index contributed by atoms with van der Waals surface area (Å²) in [6, 6.07) is 13.3. The number of benzene rings is 2. The Hall–Kier alpha value is -3.17. The fourth-order valence-electron chi connectivity index (χ4n) is 3.87. The monoisotopic (exact) mass is 486 g/mol. The smallest absolute Gasteiger partial charge is 0.331 e. The predicted molar refractivity (Wildman–Crippen MR) is 130 cm³/mol. The molecule has 1 saturated carbocycles. The molecule has 0 unspecified atom stereocenters. The molecule has 2 aromatic carbocycles. The van der Waals surface area contributed by atoms with E-state index in [0.717, 1.165) is 37.7 Å². The summed E-state index contributed by atoms with van der Waals surface area (Å²) in [5.41, 5.74) is 0.889. The standard InChI is InChI=1S/C25H30N2O6S/c1-27(20-10-4-3-5-11-20)34(30,31)23-14-7-6-13-22(23)26-24(28)18-33-25(29)16-15-19-9-8-12-21(17-19)32-2/h6-9,12-17,20H,3-5,10-11,18H2,1-2H3,(H,26,28)/b16-15+. The maximum absolute atomic E-state index is 13.2. The van der Waals surface area contributed by atoms with Gasteiger partial charge in [0.2, 0.25) is 10.0 Å². The van der Waals surface area contributed by atoms with Crippen LogP contribution in [0.15, 0.2) is 59.5 Å². The van der Waals surface area contributed by atoms with Crippen molar-refractivity contribution in [3.63, 3.8) is 0 Å². The van der Waals surface area contributed by atoms with Crippen LogP contribution >= 0.6 is 0 Å². The second-order valence-electron chi connectivity index (χ2n) is 8.08. The van der Waals surface area contributed by atoms with Gasteiger partial charge >= 0.3 is 5.97 Å². The van der Waals surface area contributed by atoms with E-state index in [-0.39, 0.29) is 16.6 Å². The molecule has 0 bridgehead atoms. The van der Waals surface area contributed by atoms with Crippen molar-refractivity contribution in [2.45, 2.75) is 43.0 Å². The number of sulfonamides is 1. The average molecular weight is 487 g/mol. The Morgan fingerprint density at radius 2 is 1.82 bits per heavy atom. The summed E-state index contributed by atoms with van der Waals surface area (Å²) in [6.45, 7) is -0.547. The first-order valence-corrected chi connectivity index (χ1v) is 12.6. The lowest BCUT2D eigenvalue weighted by molar-refractivity contribution is -0.142. The van der Waals surface area contributed by atoms with Crippen LogP contribution in [-0.2, 0) is 24.3 Å². The minimum atomic E-state index is -3.80. The molecule has 0 aromatic heterocycles. The Morgan fingerprint density at radius 1 is 1.09 bits per heavy atom. The molecule has 1 N–H and O–H groups in total. The van der Waals surface area contributed by atoms with Crippen LogP contribution in [0.5, 0.6) is 5.75 Å². The number of ether oxygens (including phenoxy) is 2. The minimum absolute atomic E-state index is 0.0145. The molecule has 0 heterocycles. The highest BCUT2D eigenvalue weighted by Crippen LogP contribution is 2.29. The number of anilines is 1. The maximum Gasteiger partial charge on any atom is 0.331 e. The van der Waals surface area contributed by atoms with Gasteiger partial charge in [-0.3, -0.25) is 4.79 Å². The molecule has 2 aromatic rings. The maximum atomic E-state index is 13.2. The highest BCUT2D eigenvalue weighted by molar-refractivity contribution is 7.89. The van der Waals surface area contributed by atoms with Crippen LogP contribution in [-0.4, -0.2) is 51.4 Å². The van der Waals surface area contributed by atoms with Gasteiger partial charge in [-0.15, -0.1) is 0 Å².